The Kier molecular flexibility index (Phi) is 9.28. The van der Waals surface area contributed by atoms with Crippen LogP contribution in [0.15, 0.2) is 29.3 Å². The first-order valence-corrected chi connectivity index (χ1v) is 8.11. The Hall–Kier alpha value is -2.24. The summed E-state index contributed by atoms with van der Waals surface area (Å²) in [6.07, 6.45) is 1.80. The molecule has 0 radical (unpaired) electrons. The van der Waals surface area contributed by atoms with E-state index >= 15 is 0 Å². The molecule has 3 N–H and O–H groups in total. The van der Waals surface area contributed by atoms with Crippen molar-refractivity contribution in [2.45, 2.75) is 26.7 Å². The topological polar surface area (TPSA) is 74.8 Å². The van der Waals surface area contributed by atoms with E-state index < -0.39 is 0 Å². The summed E-state index contributed by atoms with van der Waals surface area (Å²) in [5, 5.41) is 9.18. The van der Waals surface area contributed by atoms with Gasteiger partial charge in [0.1, 0.15) is 12.3 Å². The molecule has 0 bridgehead atoms. The smallest absolute Gasteiger partial charge is 0.241 e. The molecule has 0 saturated carbocycles. The van der Waals surface area contributed by atoms with Crippen molar-refractivity contribution in [3.63, 3.8) is 0 Å². The van der Waals surface area contributed by atoms with Crippen LogP contribution in [0.1, 0.15) is 25.8 Å². The highest BCUT2D eigenvalue weighted by Gasteiger charge is 2.01. The summed E-state index contributed by atoms with van der Waals surface area (Å²) in [4.78, 5) is 15.9. The van der Waals surface area contributed by atoms with Crippen molar-refractivity contribution in [3.8, 4) is 5.75 Å². The molecule has 0 aliphatic carbocycles. The molecule has 6 nitrogen and oxygen atoms in total. The van der Waals surface area contributed by atoms with Crippen molar-refractivity contribution in [1.82, 2.24) is 16.0 Å². The molecule has 0 aromatic heterocycles. The largest absolute Gasteiger partial charge is 0.497 e. The molecule has 0 aliphatic heterocycles. The van der Waals surface area contributed by atoms with Gasteiger partial charge >= 0.3 is 0 Å². The van der Waals surface area contributed by atoms with Crippen LogP contribution in [0.2, 0.25) is 0 Å². The van der Waals surface area contributed by atoms with Gasteiger partial charge in [-0.05, 0) is 37.5 Å². The summed E-state index contributed by atoms with van der Waals surface area (Å²) >= 11 is 0. The highest BCUT2D eigenvalue weighted by Crippen LogP contribution is 2.11. The minimum absolute atomic E-state index is 0.0563. The summed E-state index contributed by atoms with van der Waals surface area (Å²) in [6, 6.07) is 7.99. The number of guanidine groups is 1. The second kappa shape index (κ2) is 11.3. The van der Waals surface area contributed by atoms with E-state index in [-0.39, 0.29) is 12.5 Å². The van der Waals surface area contributed by atoms with Gasteiger partial charge in [0.2, 0.25) is 5.91 Å². The standard InChI is InChI=1S/C17H28N4O2/c1-4-11-19-16(22)13-21-17(18-5-2)20-12-10-14-6-8-15(23-3)9-7-14/h6-9H,4-5,10-13H2,1-3H3,(H,19,22)(H2,18,20,21). The molecule has 0 fully saturated rings. The van der Waals surface area contributed by atoms with Crippen LogP contribution in [-0.4, -0.2) is 45.2 Å². The van der Waals surface area contributed by atoms with Crippen LogP contribution in [0.4, 0.5) is 0 Å². The van der Waals surface area contributed by atoms with Crippen LogP contribution < -0.4 is 20.7 Å². The fourth-order valence-corrected chi connectivity index (χ4v) is 1.93. The number of carbonyl (C=O) groups excluding carboxylic acids is 1. The molecular formula is C17H28N4O2. The van der Waals surface area contributed by atoms with Crippen molar-refractivity contribution < 1.29 is 9.53 Å². The first-order chi connectivity index (χ1) is 11.2. The fraction of sp³-hybridized carbons (Fsp3) is 0.529. The molecule has 128 valence electrons. The van der Waals surface area contributed by atoms with E-state index in [0.717, 1.165) is 31.7 Å². The molecular weight excluding hydrogens is 292 g/mol. The molecule has 0 unspecified atom stereocenters. The Morgan fingerprint density at radius 3 is 2.43 bits per heavy atom. The molecule has 0 spiro atoms. The Bertz CT molecular complexity index is 486. The van der Waals surface area contributed by atoms with Crippen molar-refractivity contribution >= 4 is 11.9 Å². The van der Waals surface area contributed by atoms with Gasteiger partial charge in [-0.25, -0.2) is 4.99 Å². The van der Waals surface area contributed by atoms with E-state index in [1.807, 2.05) is 38.1 Å². The maximum atomic E-state index is 11.6. The minimum Gasteiger partial charge on any atom is -0.497 e. The van der Waals surface area contributed by atoms with E-state index in [4.69, 9.17) is 4.74 Å². The van der Waals surface area contributed by atoms with Gasteiger partial charge in [-0.15, -0.1) is 0 Å². The first-order valence-electron chi connectivity index (χ1n) is 8.11. The highest BCUT2D eigenvalue weighted by atomic mass is 16.5. The number of nitrogens with zero attached hydrogens (tertiary/aromatic N) is 1. The van der Waals surface area contributed by atoms with Gasteiger partial charge in [-0.1, -0.05) is 19.1 Å². The van der Waals surface area contributed by atoms with Gasteiger partial charge in [0.05, 0.1) is 7.11 Å². The Labute approximate surface area is 138 Å². The Balaban J connectivity index is 2.40. The molecule has 0 atom stereocenters. The molecule has 1 rings (SSSR count). The average molecular weight is 320 g/mol. The number of amides is 1. The SMILES string of the molecule is CCCNC(=O)CN=C(NCC)NCCc1ccc(OC)cc1. The van der Waals surface area contributed by atoms with Gasteiger partial charge in [0, 0.05) is 19.6 Å². The zero-order valence-corrected chi connectivity index (χ0v) is 14.3. The number of rotatable bonds is 9. The monoisotopic (exact) mass is 320 g/mol. The maximum Gasteiger partial charge on any atom is 0.241 e. The molecule has 0 saturated heterocycles. The molecule has 23 heavy (non-hydrogen) atoms. The lowest BCUT2D eigenvalue weighted by atomic mass is 10.1. The molecule has 1 aromatic rings. The normalized spacial score (nSPS) is 11.0. The zero-order valence-electron chi connectivity index (χ0n) is 14.3. The van der Waals surface area contributed by atoms with Crippen LogP contribution in [0.25, 0.3) is 0 Å². The summed E-state index contributed by atoms with van der Waals surface area (Å²) in [6.45, 7) is 6.35. The van der Waals surface area contributed by atoms with Crippen molar-refractivity contribution in [2.24, 2.45) is 4.99 Å². The third-order valence-electron chi connectivity index (χ3n) is 3.16. The Morgan fingerprint density at radius 1 is 1.09 bits per heavy atom. The second-order valence-corrected chi connectivity index (χ2v) is 5.07. The van der Waals surface area contributed by atoms with Crippen LogP contribution in [0, 0.1) is 0 Å². The lowest BCUT2D eigenvalue weighted by Gasteiger charge is -2.11. The van der Waals surface area contributed by atoms with E-state index in [9.17, 15) is 4.79 Å². The number of ether oxygens (including phenoxy) is 1. The van der Waals surface area contributed by atoms with Crippen molar-refractivity contribution in [1.29, 1.82) is 0 Å². The molecule has 6 heteroatoms. The van der Waals surface area contributed by atoms with E-state index in [1.165, 1.54) is 5.56 Å². The average Bonchev–Trinajstić information content (AvgIpc) is 2.58. The quantitative estimate of drug-likeness (QED) is 0.474. The number of benzene rings is 1. The third kappa shape index (κ3) is 8.09. The molecule has 1 amide bonds. The number of aliphatic imine (C=N–C) groups is 1. The van der Waals surface area contributed by atoms with Gasteiger partial charge < -0.3 is 20.7 Å². The van der Waals surface area contributed by atoms with Gasteiger partial charge in [-0.2, -0.15) is 0 Å². The third-order valence-corrected chi connectivity index (χ3v) is 3.16. The lowest BCUT2D eigenvalue weighted by Crippen LogP contribution is -2.39. The number of nitrogens with one attached hydrogen (secondary N) is 3. The molecule has 0 heterocycles. The van der Waals surface area contributed by atoms with Crippen LogP contribution in [0.5, 0.6) is 5.75 Å². The number of carbonyl (C=O) groups is 1. The summed E-state index contributed by atoms with van der Waals surface area (Å²) < 4.78 is 5.14. The summed E-state index contributed by atoms with van der Waals surface area (Å²) in [7, 11) is 1.66. The summed E-state index contributed by atoms with van der Waals surface area (Å²) in [5.41, 5.74) is 1.22. The maximum absolute atomic E-state index is 11.6. The Morgan fingerprint density at radius 2 is 1.83 bits per heavy atom. The highest BCUT2D eigenvalue weighted by molar-refractivity contribution is 5.84. The van der Waals surface area contributed by atoms with Crippen molar-refractivity contribution in [3.05, 3.63) is 29.8 Å². The zero-order chi connectivity index (χ0) is 16.9. The fourth-order valence-electron chi connectivity index (χ4n) is 1.93. The van der Waals surface area contributed by atoms with Crippen molar-refractivity contribution in [2.75, 3.05) is 33.3 Å². The first kappa shape index (κ1) is 18.8. The van der Waals surface area contributed by atoms with E-state index in [2.05, 4.69) is 20.9 Å². The number of hydrogen-bond donors (Lipinski definition) is 3. The predicted octanol–water partition coefficient (Wildman–Crippen LogP) is 1.32. The number of methoxy groups -OCH3 is 1. The van der Waals surface area contributed by atoms with E-state index in [0.29, 0.717) is 12.5 Å². The van der Waals surface area contributed by atoms with Crippen LogP contribution in [0.3, 0.4) is 0 Å². The van der Waals surface area contributed by atoms with E-state index in [1.54, 1.807) is 7.11 Å². The predicted molar refractivity (Wildman–Crippen MR) is 94.0 cm³/mol. The summed E-state index contributed by atoms with van der Waals surface area (Å²) in [5.74, 6) is 1.46. The van der Waals surface area contributed by atoms with Gasteiger partial charge in [0.15, 0.2) is 5.96 Å². The molecule has 1 aromatic carbocycles. The number of hydrogen-bond acceptors (Lipinski definition) is 3. The van der Waals surface area contributed by atoms with Gasteiger partial charge in [-0.3, -0.25) is 4.79 Å². The van der Waals surface area contributed by atoms with Crippen LogP contribution >= 0.6 is 0 Å². The molecule has 0 aliphatic rings. The second-order valence-electron chi connectivity index (χ2n) is 5.07. The lowest BCUT2D eigenvalue weighted by molar-refractivity contribution is -0.119. The minimum atomic E-state index is -0.0563. The van der Waals surface area contributed by atoms with Crippen LogP contribution in [-0.2, 0) is 11.2 Å². The van der Waals surface area contributed by atoms with Gasteiger partial charge in [0.25, 0.3) is 0 Å².